The van der Waals surface area contributed by atoms with E-state index < -0.39 is 0 Å². The number of likely N-dealkylation sites (tertiary alicyclic amines) is 1. The van der Waals surface area contributed by atoms with Crippen LogP contribution < -0.4 is 5.73 Å². The Labute approximate surface area is 93.1 Å². The summed E-state index contributed by atoms with van der Waals surface area (Å²) in [7, 11) is 0. The van der Waals surface area contributed by atoms with Crippen LogP contribution in [-0.4, -0.2) is 28.4 Å². The molecule has 2 rings (SSSR count). The third kappa shape index (κ3) is 1.77. The molecule has 1 aromatic heterocycles. The van der Waals surface area contributed by atoms with Crippen LogP contribution in [0.4, 0.5) is 0 Å². The van der Waals surface area contributed by atoms with E-state index in [1.54, 1.807) is 11.3 Å². The van der Waals surface area contributed by atoms with Crippen molar-refractivity contribution in [3.8, 4) is 0 Å². The summed E-state index contributed by atoms with van der Waals surface area (Å²) in [5, 5.41) is 3.02. The van der Waals surface area contributed by atoms with Gasteiger partial charge in [0.15, 0.2) is 0 Å². The molecule has 2 N–H and O–H groups in total. The van der Waals surface area contributed by atoms with E-state index in [0.717, 1.165) is 10.7 Å². The molecule has 2 atom stereocenters. The molecule has 15 heavy (non-hydrogen) atoms. The van der Waals surface area contributed by atoms with Crippen LogP contribution in [0.2, 0.25) is 0 Å². The van der Waals surface area contributed by atoms with Gasteiger partial charge in [0.25, 0.3) is 0 Å². The standard InChI is InChI=1S/C10H15N3OS/c1-3-13-9(14)4-7(11)10(13)8-5-15-6(2)12-8/h5,7,10H,3-4,11H2,1-2H3. The number of hydrogen-bond donors (Lipinski definition) is 1. The predicted molar refractivity (Wildman–Crippen MR) is 59.6 cm³/mol. The maximum absolute atomic E-state index is 11.6. The lowest BCUT2D eigenvalue weighted by molar-refractivity contribution is -0.128. The van der Waals surface area contributed by atoms with Gasteiger partial charge < -0.3 is 10.6 Å². The van der Waals surface area contributed by atoms with Crippen LogP contribution in [0.1, 0.15) is 30.1 Å². The molecule has 82 valence electrons. The highest BCUT2D eigenvalue weighted by molar-refractivity contribution is 7.09. The summed E-state index contributed by atoms with van der Waals surface area (Å²) in [5.41, 5.74) is 6.92. The van der Waals surface area contributed by atoms with Gasteiger partial charge in [-0.2, -0.15) is 0 Å². The highest BCUT2D eigenvalue weighted by Crippen LogP contribution is 2.32. The van der Waals surface area contributed by atoms with Crippen molar-refractivity contribution in [2.45, 2.75) is 32.4 Å². The van der Waals surface area contributed by atoms with Crippen LogP contribution in [0.5, 0.6) is 0 Å². The van der Waals surface area contributed by atoms with E-state index in [1.807, 2.05) is 24.1 Å². The first-order chi connectivity index (χ1) is 7.13. The number of carbonyl (C=O) groups is 1. The lowest BCUT2D eigenvalue weighted by Crippen LogP contribution is -2.33. The van der Waals surface area contributed by atoms with E-state index in [-0.39, 0.29) is 18.0 Å². The summed E-state index contributed by atoms with van der Waals surface area (Å²) in [6.07, 6.45) is 0.440. The molecule has 0 radical (unpaired) electrons. The van der Waals surface area contributed by atoms with Gasteiger partial charge in [0, 0.05) is 24.4 Å². The summed E-state index contributed by atoms with van der Waals surface area (Å²) in [5.74, 6) is 0.139. The summed E-state index contributed by atoms with van der Waals surface area (Å²) in [4.78, 5) is 17.9. The molecule has 0 aliphatic carbocycles. The predicted octanol–water partition coefficient (Wildman–Crippen LogP) is 1.07. The van der Waals surface area contributed by atoms with Gasteiger partial charge >= 0.3 is 0 Å². The fourth-order valence-electron chi connectivity index (χ4n) is 2.08. The number of carbonyl (C=O) groups excluding carboxylic acids is 1. The number of hydrogen-bond acceptors (Lipinski definition) is 4. The van der Waals surface area contributed by atoms with Gasteiger partial charge in [-0.3, -0.25) is 4.79 Å². The molecule has 1 aliphatic rings. The Balaban J connectivity index is 2.30. The van der Waals surface area contributed by atoms with E-state index >= 15 is 0 Å². The minimum Gasteiger partial charge on any atom is -0.333 e. The second kappa shape index (κ2) is 3.90. The fourth-order valence-corrected chi connectivity index (χ4v) is 2.73. The van der Waals surface area contributed by atoms with E-state index in [1.165, 1.54) is 0 Å². The summed E-state index contributed by atoms with van der Waals surface area (Å²) >= 11 is 1.60. The highest BCUT2D eigenvalue weighted by atomic mass is 32.1. The second-order valence-electron chi connectivity index (χ2n) is 3.78. The van der Waals surface area contributed by atoms with Crippen molar-refractivity contribution < 1.29 is 4.79 Å². The Hall–Kier alpha value is -0.940. The molecule has 1 aliphatic heterocycles. The minimum atomic E-state index is -0.112. The summed E-state index contributed by atoms with van der Waals surface area (Å²) < 4.78 is 0. The number of aryl methyl sites for hydroxylation is 1. The number of nitrogens with zero attached hydrogens (tertiary/aromatic N) is 2. The molecular formula is C10H15N3OS. The van der Waals surface area contributed by atoms with Crippen LogP contribution in [0.25, 0.3) is 0 Å². The molecule has 4 nitrogen and oxygen atoms in total. The van der Waals surface area contributed by atoms with Crippen molar-refractivity contribution in [1.29, 1.82) is 0 Å². The average molecular weight is 225 g/mol. The van der Waals surface area contributed by atoms with Crippen LogP contribution in [-0.2, 0) is 4.79 Å². The lowest BCUT2D eigenvalue weighted by atomic mass is 10.1. The molecule has 1 fully saturated rings. The van der Waals surface area contributed by atoms with E-state index in [9.17, 15) is 4.79 Å². The van der Waals surface area contributed by atoms with Crippen LogP contribution in [0, 0.1) is 6.92 Å². The summed E-state index contributed by atoms with van der Waals surface area (Å²) in [6.45, 7) is 4.64. The van der Waals surface area contributed by atoms with Crippen LogP contribution >= 0.6 is 11.3 Å². The molecule has 1 saturated heterocycles. The Bertz CT molecular complexity index is 376. The molecule has 1 aromatic rings. The zero-order valence-corrected chi connectivity index (χ0v) is 9.75. The molecule has 1 amide bonds. The molecule has 0 bridgehead atoms. The van der Waals surface area contributed by atoms with E-state index in [2.05, 4.69) is 4.98 Å². The zero-order valence-electron chi connectivity index (χ0n) is 8.93. The maximum atomic E-state index is 11.6. The number of aromatic nitrogens is 1. The molecule has 0 spiro atoms. The molecule has 0 saturated carbocycles. The first kappa shape index (κ1) is 10.6. The number of thiazole rings is 1. The quantitative estimate of drug-likeness (QED) is 0.819. The molecule has 5 heteroatoms. The van der Waals surface area contributed by atoms with Gasteiger partial charge in [0.05, 0.1) is 16.7 Å². The lowest BCUT2D eigenvalue weighted by Gasteiger charge is -2.23. The Morgan fingerprint density at radius 3 is 3.00 bits per heavy atom. The van der Waals surface area contributed by atoms with Crippen molar-refractivity contribution in [3.63, 3.8) is 0 Å². The van der Waals surface area contributed by atoms with Gasteiger partial charge in [0.1, 0.15) is 0 Å². The minimum absolute atomic E-state index is 0.0209. The first-order valence-corrected chi connectivity index (χ1v) is 5.98. The Morgan fingerprint density at radius 1 is 1.73 bits per heavy atom. The van der Waals surface area contributed by atoms with E-state index in [4.69, 9.17) is 5.73 Å². The van der Waals surface area contributed by atoms with Crippen LogP contribution in [0.15, 0.2) is 5.38 Å². The van der Waals surface area contributed by atoms with Crippen molar-refractivity contribution >= 4 is 17.2 Å². The molecule has 0 aromatic carbocycles. The highest BCUT2D eigenvalue weighted by Gasteiger charge is 2.38. The first-order valence-electron chi connectivity index (χ1n) is 5.10. The topological polar surface area (TPSA) is 59.2 Å². The van der Waals surface area contributed by atoms with Gasteiger partial charge in [-0.25, -0.2) is 4.98 Å². The summed E-state index contributed by atoms with van der Waals surface area (Å²) in [6, 6.07) is -0.133. The zero-order chi connectivity index (χ0) is 11.0. The van der Waals surface area contributed by atoms with Gasteiger partial charge in [0.2, 0.25) is 5.91 Å². The van der Waals surface area contributed by atoms with Crippen molar-refractivity contribution in [3.05, 3.63) is 16.1 Å². The smallest absolute Gasteiger partial charge is 0.224 e. The van der Waals surface area contributed by atoms with E-state index in [0.29, 0.717) is 13.0 Å². The van der Waals surface area contributed by atoms with Gasteiger partial charge in [-0.1, -0.05) is 0 Å². The third-order valence-electron chi connectivity index (χ3n) is 2.75. The van der Waals surface area contributed by atoms with Gasteiger partial charge in [-0.05, 0) is 13.8 Å². The number of amides is 1. The van der Waals surface area contributed by atoms with Crippen molar-refractivity contribution in [1.82, 2.24) is 9.88 Å². The average Bonchev–Trinajstić information content (AvgIpc) is 2.70. The second-order valence-corrected chi connectivity index (χ2v) is 4.85. The monoisotopic (exact) mass is 225 g/mol. The fraction of sp³-hybridized carbons (Fsp3) is 0.600. The number of nitrogens with two attached hydrogens (primary N) is 1. The van der Waals surface area contributed by atoms with Gasteiger partial charge in [-0.15, -0.1) is 11.3 Å². The molecular weight excluding hydrogens is 210 g/mol. The molecule has 2 heterocycles. The van der Waals surface area contributed by atoms with Crippen molar-refractivity contribution in [2.24, 2.45) is 5.73 Å². The SMILES string of the molecule is CCN1C(=O)CC(N)C1c1csc(C)n1. The normalized spacial score (nSPS) is 26.3. The Kier molecular flexibility index (Phi) is 2.75. The number of likely N-dealkylation sites (N-methyl/N-ethyl adjacent to an activating group) is 1. The maximum Gasteiger partial charge on any atom is 0.224 e. The third-order valence-corrected chi connectivity index (χ3v) is 3.54. The molecule has 2 unspecified atom stereocenters. The largest absolute Gasteiger partial charge is 0.333 e. The Morgan fingerprint density at radius 2 is 2.47 bits per heavy atom. The van der Waals surface area contributed by atoms with Crippen molar-refractivity contribution in [2.75, 3.05) is 6.54 Å². The van der Waals surface area contributed by atoms with Crippen LogP contribution in [0.3, 0.4) is 0 Å². The number of rotatable bonds is 2.